The van der Waals surface area contributed by atoms with Crippen LogP contribution in [0.4, 0.5) is 0 Å². The maximum absolute atomic E-state index is 14.1. The average molecular weight is 564 g/mol. The van der Waals surface area contributed by atoms with Gasteiger partial charge in [-0.25, -0.2) is 4.79 Å². The first-order valence-corrected chi connectivity index (χ1v) is 14.6. The Labute approximate surface area is 242 Å². The molecule has 4 rings (SSSR count). The van der Waals surface area contributed by atoms with Gasteiger partial charge < -0.3 is 19.3 Å². The maximum atomic E-state index is 14.1. The van der Waals surface area contributed by atoms with Gasteiger partial charge in [0.2, 0.25) is 5.91 Å². The highest BCUT2D eigenvalue weighted by Gasteiger charge is 2.51. The predicted octanol–water partition coefficient (Wildman–Crippen LogP) is 3.22. The summed E-state index contributed by atoms with van der Waals surface area (Å²) >= 11 is 0. The monoisotopic (exact) mass is 563 g/mol. The average Bonchev–Trinajstić information content (AvgIpc) is 3.38. The zero-order valence-electron chi connectivity index (χ0n) is 24.2. The Morgan fingerprint density at radius 1 is 0.951 bits per heavy atom. The largest absolute Gasteiger partial charge is 0.465 e. The number of nitrogens with one attached hydrogen (secondary N) is 1. The molecule has 41 heavy (non-hydrogen) atoms. The van der Waals surface area contributed by atoms with Crippen molar-refractivity contribution in [3.63, 3.8) is 0 Å². The molecule has 2 aromatic rings. The van der Waals surface area contributed by atoms with E-state index < -0.39 is 30.1 Å². The Bertz CT molecular complexity index is 1190. The molecule has 2 saturated heterocycles. The van der Waals surface area contributed by atoms with Crippen LogP contribution in [-0.2, 0) is 30.3 Å². The van der Waals surface area contributed by atoms with Crippen LogP contribution in [-0.4, -0.2) is 84.0 Å². The third-order valence-corrected chi connectivity index (χ3v) is 8.02. The molecule has 0 radical (unpaired) electrons. The summed E-state index contributed by atoms with van der Waals surface area (Å²) in [7, 11) is 0. The van der Waals surface area contributed by atoms with Crippen LogP contribution < -0.4 is 5.32 Å². The van der Waals surface area contributed by atoms with E-state index >= 15 is 0 Å². The van der Waals surface area contributed by atoms with Crippen LogP contribution in [0, 0.1) is 5.92 Å². The number of aryl methyl sites for hydroxylation is 1. The van der Waals surface area contributed by atoms with Crippen molar-refractivity contribution in [2.24, 2.45) is 5.92 Å². The summed E-state index contributed by atoms with van der Waals surface area (Å²) in [6.45, 7) is 6.54. The van der Waals surface area contributed by atoms with Crippen molar-refractivity contribution in [2.75, 3.05) is 26.3 Å². The van der Waals surface area contributed by atoms with E-state index in [1.807, 2.05) is 48.5 Å². The van der Waals surface area contributed by atoms with Gasteiger partial charge in [0.1, 0.15) is 12.1 Å². The van der Waals surface area contributed by atoms with Gasteiger partial charge in [0, 0.05) is 18.7 Å². The fourth-order valence-corrected chi connectivity index (χ4v) is 5.98. The predicted molar refractivity (Wildman–Crippen MR) is 154 cm³/mol. The Hall–Kier alpha value is -3.72. The lowest BCUT2D eigenvalue weighted by molar-refractivity contribution is -0.155. The molecule has 2 aliphatic rings. The van der Waals surface area contributed by atoms with Crippen LogP contribution in [0.5, 0.6) is 0 Å². The van der Waals surface area contributed by atoms with E-state index in [1.165, 1.54) is 0 Å². The minimum atomic E-state index is -0.768. The molecule has 0 saturated carbocycles. The third-order valence-electron chi connectivity index (χ3n) is 8.02. The second-order valence-corrected chi connectivity index (χ2v) is 10.7. The molecular formula is C32H41N3O6. The molecule has 2 amide bonds. The molecular weight excluding hydrogens is 522 g/mol. The third kappa shape index (κ3) is 7.33. The summed E-state index contributed by atoms with van der Waals surface area (Å²) in [4.78, 5) is 56.6. The number of piperidine rings is 1. The number of hydrogen-bond acceptors (Lipinski definition) is 7. The minimum Gasteiger partial charge on any atom is -0.465 e. The summed E-state index contributed by atoms with van der Waals surface area (Å²) in [5.74, 6) is -1.17. The van der Waals surface area contributed by atoms with Gasteiger partial charge in [0.15, 0.2) is 0 Å². The molecule has 2 heterocycles. The number of nitrogens with zero attached hydrogens (tertiary/aromatic N) is 2. The summed E-state index contributed by atoms with van der Waals surface area (Å²) in [5.41, 5.74) is 1.67. The summed E-state index contributed by atoms with van der Waals surface area (Å²) in [6, 6.07) is 16.4. The van der Waals surface area contributed by atoms with Crippen LogP contribution in [0.1, 0.15) is 56.0 Å². The molecule has 0 spiro atoms. The highest BCUT2D eigenvalue weighted by molar-refractivity contribution is 5.94. The van der Waals surface area contributed by atoms with E-state index in [4.69, 9.17) is 9.47 Å². The van der Waals surface area contributed by atoms with E-state index in [0.717, 1.165) is 5.56 Å². The van der Waals surface area contributed by atoms with Crippen LogP contribution in [0.2, 0.25) is 0 Å². The van der Waals surface area contributed by atoms with Crippen LogP contribution in [0.3, 0.4) is 0 Å². The van der Waals surface area contributed by atoms with E-state index in [9.17, 15) is 19.2 Å². The van der Waals surface area contributed by atoms with E-state index in [0.29, 0.717) is 44.3 Å². The SMILES string of the molecule is CCOC(=O)[C@H](CCc1ccccc1)N[C@H](C)C(=O)N1[C@H](C(=O)OCC)C[C@H]2CCN(C(=O)c3ccccc3)C[C@@H]21. The van der Waals surface area contributed by atoms with Gasteiger partial charge in [0.25, 0.3) is 5.91 Å². The molecule has 2 aliphatic heterocycles. The molecule has 2 fully saturated rings. The van der Waals surface area contributed by atoms with Crippen molar-refractivity contribution < 1.29 is 28.7 Å². The van der Waals surface area contributed by atoms with Crippen molar-refractivity contribution in [3.05, 3.63) is 71.8 Å². The molecule has 9 nitrogen and oxygen atoms in total. The minimum absolute atomic E-state index is 0.0688. The van der Waals surface area contributed by atoms with E-state index in [1.54, 1.807) is 42.7 Å². The van der Waals surface area contributed by atoms with Crippen LogP contribution in [0.25, 0.3) is 0 Å². The van der Waals surface area contributed by atoms with Crippen LogP contribution in [0.15, 0.2) is 60.7 Å². The molecule has 0 aromatic heterocycles. The lowest BCUT2D eigenvalue weighted by Gasteiger charge is -2.40. The Balaban J connectivity index is 1.52. The van der Waals surface area contributed by atoms with E-state index in [2.05, 4.69) is 5.32 Å². The van der Waals surface area contributed by atoms with Gasteiger partial charge in [-0.05, 0) is 70.1 Å². The van der Waals surface area contributed by atoms with Crippen molar-refractivity contribution in [1.29, 1.82) is 0 Å². The number of esters is 2. The number of amides is 2. The van der Waals surface area contributed by atoms with Crippen molar-refractivity contribution in [3.8, 4) is 0 Å². The van der Waals surface area contributed by atoms with Gasteiger partial charge in [0.05, 0.1) is 25.3 Å². The first-order chi connectivity index (χ1) is 19.8. The number of carbonyl (C=O) groups excluding carboxylic acids is 4. The fourth-order valence-electron chi connectivity index (χ4n) is 5.98. The maximum Gasteiger partial charge on any atom is 0.328 e. The van der Waals surface area contributed by atoms with Crippen molar-refractivity contribution in [2.45, 2.75) is 70.6 Å². The molecule has 0 unspecified atom stereocenters. The lowest BCUT2D eigenvalue weighted by atomic mass is 9.91. The van der Waals surface area contributed by atoms with Crippen LogP contribution >= 0.6 is 0 Å². The Morgan fingerprint density at radius 3 is 2.27 bits per heavy atom. The number of rotatable bonds is 11. The van der Waals surface area contributed by atoms with Gasteiger partial charge >= 0.3 is 11.9 Å². The molecule has 9 heteroatoms. The Kier molecular flexibility index (Phi) is 10.5. The molecule has 0 aliphatic carbocycles. The normalized spacial score (nSPS) is 21.5. The smallest absolute Gasteiger partial charge is 0.328 e. The number of carbonyl (C=O) groups is 4. The number of fused-ring (bicyclic) bond motifs is 1. The van der Waals surface area contributed by atoms with Crippen molar-refractivity contribution >= 4 is 23.8 Å². The lowest BCUT2D eigenvalue weighted by Crippen LogP contribution is -2.59. The molecule has 5 atom stereocenters. The van der Waals surface area contributed by atoms with E-state index in [-0.39, 0.29) is 37.0 Å². The highest BCUT2D eigenvalue weighted by Crippen LogP contribution is 2.37. The molecule has 220 valence electrons. The molecule has 1 N–H and O–H groups in total. The zero-order chi connectivity index (χ0) is 29.4. The number of likely N-dealkylation sites (tertiary alicyclic amines) is 2. The van der Waals surface area contributed by atoms with Gasteiger partial charge in [-0.2, -0.15) is 0 Å². The Morgan fingerprint density at radius 2 is 1.61 bits per heavy atom. The second-order valence-electron chi connectivity index (χ2n) is 10.7. The zero-order valence-corrected chi connectivity index (χ0v) is 24.2. The topological polar surface area (TPSA) is 105 Å². The summed E-state index contributed by atoms with van der Waals surface area (Å²) in [5, 5.41) is 3.20. The van der Waals surface area contributed by atoms with Gasteiger partial charge in [-0.3, -0.25) is 19.7 Å². The molecule has 0 bridgehead atoms. The summed E-state index contributed by atoms with van der Waals surface area (Å²) < 4.78 is 10.7. The quantitative estimate of drug-likeness (QED) is 0.419. The fraction of sp³-hybridized carbons (Fsp3) is 0.500. The first-order valence-electron chi connectivity index (χ1n) is 14.6. The highest BCUT2D eigenvalue weighted by atomic mass is 16.5. The van der Waals surface area contributed by atoms with Gasteiger partial charge in [-0.15, -0.1) is 0 Å². The molecule has 2 aromatic carbocycles. The number of benzene rings is 2. The number of hydrogen-bond donors (Lipinski definition) is 1. The van der Waals surface area contributed by atoms with Gasteiger partial charge in [-0.1, -0.05) is 48.5 Å². The number of ether oxygens (including phenoxy) is 2. The standard InChI is InChI=1S/C32H41N3O6/c1-4-40-31(38)26(17-16-23-12-8-6-9-13-23)33-22(3)29(36)35-27(32(39)41-5-2)20-25-18-19-34(21-28(25)35)30(37)24-14-10-7-11-15-24/h6-15,22,25-28,33H,4-5,16-21H2,1-3H3/t22-,25-,26+,27+,28+/m1/s1. The summed E-state index contributed by atoms with van der Waals surface area (Å²) in [6.07, 6.45) is 2.26. The second kappa shape index (κ2) is 14.3. The first kappa shape index (κ1) is 30.2. The van der Waals surface area contributed by atoms with Crippen molar-refractivity contribution in [1.82, 2.24) is 15.1 Å².